The van der Waals surface area contributed by atoms with Crippen LogP contribution in [0.3, 0.4) is 0 Å². The molecule has 5 heteroatoms. The van der Waals surface area contributed by atoms with Gasteiger partial charge in [-0.1, -0.05) is 52.0 Å². The maximum atomic E-state index is 12.5. The zero-order valence-electron chi connectivity index (χ0n) is 22.2. The molecule has 0 saturated heterocycles. The van der Waals surface area contributed by atoms with Crippen LogP contribution >= 0.6 is 0 Å². The molecule has 0 saturated carbocycles. The fourth-order valence-electron chi connectivity index (χ4n) is 3.99. The Morgan fingerprint density at radius 3 is 1.42 bits per heavy atom. The van der Waals surface area contributed by atoms with Crippen LogP contribution in [0.2, 0.25) is 0 Å². The second-order valence-electron chi connectivity index (χ2n) is 9.52. The lowest BCUT2D eigenvalue weighted by molar-refractivity contribution is -0.129. The van der Waals surface area contributed by atoms with Crippen LogP contribution in [0.4, 0.5) is 0 Å². The summed E-state index contributed by atoms with van der Waals surface area (Å²) in [5.74, 6) is -1.68. The second kappa shape index (κ2) is 14.4. The van der Waals surface area contributed by atoms with E-state index in [9.17, 15) is 24.9 Å². The van der Waals surface area contributed by atoms with Gasteiger partial charge in [-0.25, -0.2) is 0 Å². The summed E-state index contributed by atoms with van der Waals surface area (Å²) in [5.41, 5.74) is 2.83. The van der Waals surface area contributed by atoms with Crippen molar-refractivity contribution < 1.29 is 24.9 Å². The molecule has 0 aliphatic carbocycles. The van der Waals surface area contributed by atoms with E-state index >= 15 is 0 Å². The molecule has 33 heavy (non-hydrogen) atoms. The summed E-state index contributed by atoms with van der Waals surface area (Å²) in [6.07, 6.45) is 5.48. The topological polar surface area (TPSA) is 94.8 Å². The minimum atomic E-state index is -0.818. The van der Waals surface area contributed by atoms with Crippen molar-refractivity contribution in [2.45, 2.75) is 94.0 Å². The van der Waals surface area contributed by atoms with Crippen molar-refractivity contribution in [2.75, 3.05) is 0 Å². The van der Waals surface area contributed by atoms with Crippen LogP contribution in [0, 0.1) is 23.7 Å². The molecular weight excluding hydrogens is 416 g/mol. The Morgan fingerprint density at radius 2 is 1.06 bits per heavy atom. The summed E-state index contributed by atoms with van der Waals surface area (Å²) >= 11 is 0. The molecule has 0 bridgehead atoms. The third-order valence-corrected chi connectivity index (χ3v) is 6.53. The van der Waals surface area contributed by atoms with E-state index in [1.54, 1.807) is 33.8 Å². The maximum Gasteiger partial charge on any atom is 0.168 e. The van der Waals surface area contributed by atoms with E-state index in [0.29, 0.717) is 17.6 Å². The van der Waals surface area contributed by atoms with Crippen LogP contribution < -0.4 is 0 Å². The summed E-state index contributed by atoms with van der Waals surface area (Å²) in [6, 6.07) is 0. The summed E-state index contributed by atoms with van der Waals surface area (Å²) in [4.78, 5) is 24.3. The van der Waals surface area contributed by atoms with Crippen molar-refractivity contribution in [2.24, 2.45) is 23.7 Å². The molecule has 0 unspecified atom stereocenters. The number of Topliss-reactive ketones (excluding diaryl/α,β-unsaturated/α-hetero) is 2. The van der Waals surface area contributed by atoms with Crippen molar-refractivity contribution in [1.82, 2.24) is 0 Å². The molecular formula is C28H46O5. The summed E-state index contributed by atoms with van der Waals surface area (Å²) in [5, 5.41) is 31.9. The van der Waals surface area contributed by atoms with Crippen molar-refractivity contribution in [1.29, 1.82) is 0 Å². The number of carbonyl (C=O) groups excluding carboxylic acids is 2. The molecule has 7 atom stereocenters. The van der Waals surface area contributed by atoms with Gasteiger partial charge in [-0.3, -0.25) is 9.59 Å². The van der Waals surface area contributed by atoms with E-state index in [-0.39, 0.29) is 29.3 Å². The van der Waals surface area contributed by atoms with Crippen molar-refractivity contribution in [3.8, 4) is 0 Å². The molecule has 3 N–H and O–H groups in total. The third-order valence-electron chi connectivity index (χ3n) is 6.53. The van der Waals surface area contributed by atoms with E-state index < -0.39 is 24.2 Å². The Kier molecular flexibility index (Phi) is 13.6. The van der Waals surface area contributed by atoms with Crippen LogP contribution in [-0.4, -0.2) is 45.2 Å². The average molecular weight is 463 g/mol. The molecule has 0 fully saturated rings. The van der Waals surface area contributed by atoms with Crippen LogP contribution in [0.25, 0.3) is 0 Å². The first-order valence-electron chi connectivity index (χ1n) is 12.0. The van der Waals surface area contributed by atoms with Gasteiger partial charge in [-0.05, 0) is 63.8 Å². The standard InChI is InChI=1S/C28H46O5/c1-11-16(3)25(30)17(4)13-18(5)26(31)19(6)14-20(7)27(32)21(8)15-22(9)28(33)23(10)24(29)12-2/h11,13-15,17,19,21,23,25-27,30-32H,12H2,1-10H3/b16-11+,18-13+,20-14+,22-15+/t17-,19-,21-,23-,25+,26+,27+/m0/s1. The quantitative estimate of drug-likeness (QED) is 0.204. The number of rotatable bonds is 13. The number of hydrogen-bond donors (Lipinski definition) is 3. The van der Waals surface area contributed by atoms with E-state index in [1.807, 2.05) is 59.8 Å². The Balaban J connectivity index is 5.38. The lowest BCUT2D eigenvalue weighted by Gasteiger charge is -2.23. The Bertz CT molecular complexity index is 786. The zero-order valence-corrected chi connectivity index (χ0v) is 22.2. The van der Waals surface area contributed by atoms with Crippen LogP contribution in [-0.2, 0) is 9.59 Å². The first kappa shape index (κ1) is 31.2. The molecule has 0 aromatic heterocycles. The molecule has 188 valence electrons. The Hall–Kier alpha value is -1.82. The molecule has 0 aromatic rings. The number of hydrogen-bond acceptors (Lipinski definition) is 5. The zero-order chi connectivity index (χ0) is 26.0. The van der Waals surface area contributed by atoms with Gasteiger partial charge in [0.25, 0.3) is 0 Å². The second-order valence-corrected chi connectivity index (χ2v) is 9.52. The van der Waals surface area contributed by atoms with Crippen LogP contribution in [0.15, 0.2) is 46.6 Å². The highest BCUT2D eigenvalue weighted by Gasteiger charge is 2.24. The lowest BCUT2D eigenvalue weighted by atomic mass is 9.88. The van der Waals surface area contributed by atoms with E-state index in [1.165, 1.54) is 0 Å². The molecule has 0 aliphatic rings. The summed E-state index contributed by atoms with van der Waals surface area (Å²) in [6.45, 7) is 18.1. The van der Waals surface area contributed by atoms with Gasteiger partial charge >= 0.3 is 0 Å². The van der Waals surface area contributed by atoms with Crippen molar-refractivity contribution in [3.05, 3.63) is 46.6 Å². The molecule has 5 nitrogen and oxygen atoms in total. The van der Waals surface area contributed by atoms with Gasteiger partial charge in [0, 0.05) is 24.2 Å². The van der Waals surface area contributed by atoms with Crippen LogP contribution in [0.5, 0.6) is 0 Å². The third kappa shape index (κ3) is 9.52. The number of ketones is 2. The highest BCUT2D eigenvalue weighted by molar-refractivity contribution is 6.09. The van der Waals surface area contributed by atoms with Gasteiger partial charge < -0.3 is 15.3 Å². The number of allylic oxidation sites excluding steroid dienone is 2. The highest BCUT2D eigenvalue weighted by Crippen LogP contribution is 2.23. The summed E-state index contributed by atoms with van der Waals surface area (Å²) < 4.78 is 0. The smallest absolute Gasteiger partial charge is 0.168 e. The molecule has 0 radical (unpaired) electrons. The maximum absolute atomic E-state index is 12.5. The predicted molar refractivity (Wildman–Crippen MR) is 136 cm³/mol. The number of carbonyl (C=O) groups is 2. The van der Waals surface area contributed by atoms with E-state index in [4.69, 9.17) is 0 Å². The Morgan fingerprint density at radius 1 is 0.697 bits per heavy atom. The normalized spacial score (nSPS) is 20.5. The van der Waals surface area contributed by atoms with Gasteiger partial charge in [0.2, 0.25) is 0 Å². The van der Waals surface area contributed by atoms with Gasteiger partial charge in [0.1, 0.15) is 5.78 Å². The SMILES string of the molecule is C/C=C(\C)[C@@H](O)[C@@H](C)/C=C(\C)[C@@H](O)[C@@H](C)/C=C(\C)[C@@H](O)[C@@H](C)/C=C(\C)C(=O)[C@@H](C)C(=O)CC. The van der Waals surface area contributed by atoms with E-state index in [2.05, 4.69) is 0 Å². The van der Waals surface area contributed by atoms with Crippen molar-refractivity contribution >= 4 is 11.6 Å². The first-order valence-corrected chi connectivity index (χ1v) is 12.0. The average Bonchev–Trinajstić information content (AvgIpc) is 2.79. The minimum absolute atomic E-state index is 0.0917. The van der Waals surface area contributed by atoms with Gasteiger partial charge in [-0.2, -0.15) is 0 Å². The predicted octanol–water partition coefficient (Wildman–Crippen LogP) is 4.97. The lowest BCUT2D eigenvalue weighted by Crippen LogP contribution is -2.24. The molecule has 0 aromatic carbocycles. The van der Waals surface area contributed by atoms with Gasteiger partial charge in [0.15, 0.2) is 5.78 Å². The molecule has 0 rings (SSSR count). The molecule has 0 aliphatic heterocycles. The first-order chi connectivity index (χ1) is 15.2. The Labute approximate surface area is 201 Å². The summed E-state index contributed by atoms with van der Waals surface area (Å²) in [7, 11) is 0. The number of aliphatic hydroxyl groups is 3. The van der Waals surface area contributed by atoms with Gasteiger partial charge in [-0.15, -0.1) is 0 Å². The van der Waals surface area contributed by atoms with Crippen LogP contribution in [0.1, 0.15) is 75.7 Å². The highest BCUT2D eigenvalue weighted by atomic mass is 16.3. The molecule has 0 heterocycles. The van der Waals surface area contributed by atoms with Gasteiger partial charge in [0.05, 0.1) is 24.2 Å². The largest absolute Gasteiger partial charge is 0.388 e. The molecule has 0 spiro atoms. The fourth-order valence-corrected chi connectivity index (χ4v) is 3.99. The number of aliphatic hydroxyl groups excluding tert-OH is 3. The fraction of sp³-hybridized carbons (Fsp3) is 0.643. The monoisotopic (exact) mass is 462 g/mol. The molecule has 0 amide bonds. The van der Waals surface area contributed by atoms with E-state index in [0.717, 1.165) is 11.1 Å². The minimum Gasteiger partial charge on any atom is -0.388 e. The van der Waals surface area contributed by atoms with Crippen molar-refractivity contribution in [3.63, 3.8) is 0 Å².